The summed E-state index contributed by atoms with van der Waals surface area (Å²) < 4.78 is 11.2. The van der Waals surface area contributed by atoms with Gasteiger partial charge in [-0.2, -0.15) is 0 Å². The third-order valence-corrected chi connectivity index (χ3v) is 5.12. The lowest BCUT2D eigenvalue weighted by atomic mass is 10.2. The van der Waals surface area contributed by atoms with Crippen molar-refractivity contribution in [2.24, 2.45) is 0 Å². The lowest BCUT2D eigenvalue weighted by Crippen LogP contribution is -2.22. The van der Waals surface area contributed by atoms with E-state index in [1.165, 1.54) is 11.3 Å². The highest BCUT2D eigenvalue weighted by molar-refractivity contribution is 7.09. The molecule has 3 heterocycles. The number of hydrogen-bond acceptors (Lipinski definition) is 6. The predicted octanol–water partition coefficient (Wildman–Crippen LogP) is 3.95. The van der Waals surface area contributed by atoms with Crippen molar-refractivity contribution < 1.29 is 14.3 Å². The summed E-state index contributed by atoms with van der Waals surface area (Å²) >= 11 is 7.75. The van der Waals surface area contributed by atoms with Gasteiger partial charge in [0.2, 0.25) is 0 Å². The summed E-state index contributed by atoms with van der Waals surface area (Å²) in [7, 11) is 0. The molecule has 2 aromatic heterocycles. The molecule has 138 valence electrons. The monoisotopic (exact) mass is 401 g/mol. The fraction of sp³-hybridized carbons (Fsp3) is 0.211. The number of thiazole rings is 1. The Balaban J connectivity index is 1.45. The van der Waals surface area contributed by atoms with Crippen LogP contribution in [0.25, 0.3) is 11.3 Å². The smallest absolute Gasteiger partial charge is 0.251 e. The van der Waals surface area contributed by atoms with Crippen molar-refractivity contribution >= 4 is 28.8 Å². The number of aromatic nitrogens is 2. The first-order valence-corrected chi connectivity index (χ1v) is 9.68. The van der Waals surface area contributed by atoms with Gasteiger partial charge in [-0.1, -0.05) is 11.6 Å². The van der Waals surface area contributed by atoms with E-state index < -0.39 is 0 Å². The molecule has 8 heteroatoms. The van der Waals surface area contributed by atoms with Crippen molar-refractivity contribution in [3.63, 3.8) is 0 Å². The van der Waals surface area contributed by atoms with E-state index in [0.29, 0.717) is 41.8 Å². The van der Waals surface area contributed by atoms with Crippen molar-refractivity contribution in [3.8, 4) is 22.8 Å². The van der Waals surface area contributed by atoms with Crippen LogP contribution in [0.2, 0.25) is 5.02 Å². The molecule has 1 aliphatic heterocycles. The molecule has 6 nitrogen and oxygen atoms in total. The van der Waals surface area contributed by atoms with E-state index in [9.17, 15) is 4.79 Å². The number of halogens is 1. The van der Waals surface area contributed by atoms with Crippen LogP contribution in [0.5, 0.6) is 11.5 Å². The van der Waals surface area contributed by atoms with Crippen molar-refractivity contribution in [1.82, 2.24) is 15.3 Å². The van der Waals surface area contributed by atoms with Gasteiger partial charge in [-0.3, -0.25) is 9.78 Å². The molecule has 1 aliphatic rings. The highest BCUT2D eigenvalue weighted by atomic mass is 35.5. The van der Waals surface area contributed by atoms with Gasteiger partial charge in [0.25, 0.3) is 5.91 Å². The number of hydrogen-bond donors (Lipinski definition) is 1. The number of carbonyl (C=O) groups excluding carboxylic acids is 1. The van der Waals surface area contributed by atoms with Crippen molar-refractivity contribution in [1.29, 1.82) is 0 Å². The molecule has 27 heavy (non-hydrogen) atoms. The molecule has 3 aromatic rings. The van der Waals surface area contributed by atoms with Crippen molar-refractivity contribution in [3.05, 3.63) is 57.6 Å². The van der Waals surface area contributed by atoms with Gasteiger partial charge >= 0.3 is 0 Å². The summed E-state index contributed by atoms with van der Waals surface area (Å²) in [6, 6.07) is 7.05. The SMILES string of the molecule is O=C(NCc1nc(-c2ccncc2)cs1)c1cc(Cl)c2c(c1)OCCCO2. The van der Waals surface area contributed by atoms with Crippen LogP contribution in [0, 0.1) is 0 Å². The van der Waals surface area contributed by atoms with Crippen molar-refractivity contribution in [2.45, 2.75) is 13.0 Å². The molecule has 1 N–H and O–H groups in total. The summed E-state index contributed by atoms with van der Waals surface area (Å²) in [4.78, 5) is 21.1. The minimum Gasteiger partial charge on any atom is -0.489 e. The standard InChI is InChI=1S/C19H16ClN3O3S/c20-14-8-13(9-16-18(14)26-7-1-6-25-16)19(24)22-10-17-23-15(11-27-17)12-2-4-21-5-3-12/h2-5,8-9,11H,1,6-7,10H2,(H,22,24). The topological polar surface area (TPSA) is 73.3 Å². The molecule has 0 radical (unpaired) electrons. The number of carbonyl (C=O) groups is 1. The summed E-state index contributed by atoms with van der Waals surface area (Å²) in [5.41, 5.74) is 2.29. The van der Waals surface area contributed by atoms with Crippen LogP contribution in [0.1, 0.15) is 21.8 Å². The second kappa shape index (κ2) is 7.94. The second-order valence-electron chi connectivity index (χ2n) is 5.88. The Morgan fingerprint density at radius 3 is 2.89 bits per heavy atom. The van der Waals surface area contributed by atoms with Crippen LogP contribution in [0.3, 0.4) is 0 Å². The highest BCUT2D eigenvalue weighted by Crippen LogP contribution is 2.38. The molecule has 0 saturated carbocycles. The Morgan fingerprint density at radius 1 is 1.22 bits per heavy atom. The van der Waals surface area contributed by atoms with Crippen LogP contribution in [0.15, 0.2) is 42.0 Å². The fourth-order valence-corrected chi connectivity index (χ4v) is 3.68. The molecular formula is C19H16ClN3O3S. The van der Waals surface area contributed by atoms with Gasteiger partial charge in [0.1, 0.15) is 5.01 Å². The van der Waals surface area contributed by atoms with Gasteiger partial charge < -0.3 is 14.8 Å². The van der Waals surface area contributed by atoms with Crippen LogP contribution >= 0.6 is 22.9 Å². The Hall–Kier alpha value is -2.64. The molecule has 0 fully saturated rings. The van der Waals surface area contributed by atoms with E-state index in [0.717, 1.165) is 22.7 Å². The maximum atomic E-state index is 12.5. The Kier molecular flexibility index (Phi) is 5.22. The number of nitrogens with one attached hydrogen (secondary N) is 1. The molecule has 4 rings (SSSR count). The molecule has 1 amide bonds. The lowest BCUT2D eigenvalue weighted by molar-refractivity contribution is 0.0950. The molecule has 0 bridgehead atoms. The van der Waals surface area contributed by atoms with Gasteiger partial charge in [0.15, 0.2) is 11.5 Å². The zero-order valence-electron chi connectivity index (χ0n) is 14.3. The average Bonchev–Trinajstić information content (AvgIpc) is 3.04. The molecule has 0 unspecified atom stereocenters. The number of fused-ring (bicyclic) bond motifs is 1. The first-order valence-electron chi connectivity index (χ1n) is 8.43. The fourth-order valence-electron chi connectivity index (χ4n) is 2.67. The maximum Gasteiger partial charge on any atom is 0.251 e. The number of pyridine rings is 1. The van der Waals surface area contributed by atoms with Crippen LogP contribution in [0.4, 0.5) is 0 Å². The Labute approximate surface area is 165 Å². The molecule has 0 aliphatic carbocycles. The van der Waals surface area contributed by atoms with Crippen molar-refractivity contribution in [2.75, 3.05) is 13.2 Å². The van der Waals surface area contributed by atoms with Crippen LogP contribution in [-0.4, -0.2) is 29.1 Å². The number of nitrogens with zero attached hydrogens (tertiary/aromatic N) is 2. The third kappa shape index (κ3) is 4.04. The zero-order valence-corrected chi connectivity index (χ0v) is 15.8. The first kappa shape index (κ1) is 17.8. The molecule has 0 atom stereocenters. The molecule has 1 aromatic carbocycles. The summed E-state index contributed by atoms with van der Waals surface area (Å²) in [5, 5.41) is 6.02. The van der Waals surface area contributed by atoms with E-state index >= 15 is 0 Å². The Morgan fingerprint density at radius 2 is 2.04 bits per heavy atom. The van der Waals surface area contributed by atoms with E-state index in [1.54, 1.807) is 24.5 Å². The summed E-state index contributed by atoms with van der Waals surface area (Å²) in [5.74, 6) is 0.750. The van der Waals surface area contributed by atoms with Gasteiger partial charge in [0, 0.05) is 35.3 Å². The normalized spacial score (nSPS) is 13.1. The number of rotatable bonds is 4. The summed E-state index contributed by atoms with van der Waals surface area (Å²) in [6.45, 7) is 1.41. The van der Waals surface area contributed by atoms with Gasteiger partial charge in [0.05, 0.1) is 30.5 Å². The van der Waals surface area contributed by atoms with Gasteiger partial charge in [-0.25, -0.2) is 4.98 Å². The van der Waals surface area contributed by atoms with Gasteiger partial charge in [-0.05, 0) is 24.3 Å². The molecule has 0 spiro atoms. The number of benzene rings is 1. The van der Waals surface area contributed by atoms with E-state index in [2.05, 4.69) is 15.3 Å². The average molecular weight is 402 g/mol. The first-order chi connectivity index (χ1) is 13.2. The molecular weight excluding hydrogens is 386 g/mol. The van der Waals surface area contributed by atoms with E-state index in [-0.39, 0.29) is 5.91 Å². The quantitative estimate of drug-likeness (QED) is 0.716. The van der Waals surface area contributed by atoms with E-state index in [1.807, 2.05) is 17.5 Å². The van der Waals surface area contributed by atoms with Crippen LogP contribution < -0.4 is 14.8 Å². The highest BCUT2D eigenvalue weighted by Gasteiger charge is 2.18. The van der Waals surface area contributed by atoms with E-state index in [4.69, 9.17) is 21.1 Å². The minimum absolute atomic E-state index is 0.242. The summed E-state index contributed by atoms with van der Waals surface area (Å²) in [6.07, 6.45) is 4.23. The minimum atomic E-state index is -0.242. The maximum absolute atomic E-state index is 12.5. The third-order valence-electron chi connectivity index (χ3n) is 3.99. The second-order valence-corrected chi connectivity index (χ2v) is 7.23. The number of amides is 1. The Bertz CT molecular complexity index is 962. The largest absolute Gasteiger partial charge is 0.489 e. The predicted molar refractivity (Wildman–Crippen MR) is 104 cm³/mol. The van der Waals surface area contributed by atoms with Gasteiger partial charge in [-0.15, -0.1) is 11.3 Å². The zero-order chi connectivity index (χ0) is 18.6. The molecule has 0 saturated heterocycles. The van der Waals surface area contributed by atoms with Crippen LogP contribution in [-0.2, 0) is 6.54 Å². The lowest BCUT2D eigenvalue weighted by Gasteiger charge is -2.11. The number of ether oxygens (including phenoxy) is 2.